The summed E-state index contributed by atoms with van der Waals surface area (Å²) < 4.78 is 0. The van der Waals surface area contributed by atoms with Gasteiger partial charge in [0.1, 0.15) is 0 Å². The molecule has 0 spiro atoms. The zero-order chi connectivity index (χ0) is 14.5. The van der Waals surface area contributed by atoms with Crippen molar-refractivity contribution in [1.82, 2.24) is 10.3 Å². The van der Waals surface area contributed by atoms with Gasteiger partial charge in [0.05, 0.1) is 20.7 Å². The van der Waals surface area contributed by atoms with Crippen LogP contribution in [0.1, 0.15) is 42.6 Å². The van der Waals surface area contributed by atoms with Crippen LogP contribution in [-0.4, -0.2) is 11.5 Å². The van der Waals surface area contributed by atoms with Crippen LogP contribution >= 0.6 is 34.5 Å². The number of halogens is 2. The van der Waals surface area contributed by atoms with E-state index in [1.54, 1.807) is 11.3 Å². The minimum absolute atomic E-state index is 0.300. The van der Waals surface area contributed by atoms with Crippen molar-refractivity contribution >= 4 is 34.5 Å². The second-order valence-electron chi connectivity index (χ2n) is 4.77. The lowest BCUT2D eigenvalue weighted by molar-refractivity contribution is 0.560. The van der Waals surface area contributed by atoms with E-state index in [-0.39, 0.29) is 0 Å². The number of nitrogens with one attached hydrogen (secondary N) is 1. The van der Waals surface area contributed by atoms with E-state index in [4.69, 9.17) is 28.2 Å². The Hall–Kier alpha value is -0.610. The number of nitrogens with zero attached hydrogens (tertiary/aromatic N) is 1. The van der Waals surface area contributed by atoms with Gasteiger partial charge in [0.15, 0.2) is 0 Å². The van der Waals surface area contributed by atoms with E-state index in [0.717, 1.165) is 35.7 Å². The highest BCUT2D eigenvalue weighted by Gasteiger charge is 2.10. The molecule has 20 heavy (non-hydrogen) atoms. The lowest BCUT2D eigenvalue weighted by Crippen LogP contribution is -2.19. The number of hydrogen-bond acceptors (Lipinski definition) is 3. The zero-order valence-electron chi connectivity index (χ0n) is 11.6. The second-order valence-corrected chi connectivity index (χ2v) is 6.52. The van der Waals surface area contributed by atoms with Crippen molar-refractivity contribution in [1.29, 1.82) is 0 Å². The Labute approximate surface area is 134 Å². The minimum atomic E-state index is 0.300. The number of rotatable bonds is 6. The highest BCUT2D eigenvalue weighted by molar-refractivity contribution is 7.09. The van der Waals surface area contributed by atoms with Crippen molar-refractivity contribution in [3.8, 4) is 0 Å². The van der Waals surface area contributed by atoms with E-state index in [0.29, 0.717) is 16.1 Å². The zero-order valence-corrected chi connectivity index (χ0v) is 13.9. The third kappa shape index (κ3) is 4.19. The third-order valence-corrected chi connectivity index (χ3v) is 4.66. The van der Waals surface area contributed by atoms with E-state index in [1.807, 2.05) is 18.2 Å². The molecule has 1 aromatic carbocycles. The maximum atomic E-state index is 6.03. The second kappa shape index (κ2) is 7.41. The molecule has 0 amide bonds. The summed E-state index contributed by atoms with van der Waals surface area (Å²) in [5.41, 5.74) is 2.24. The molecule has 0 aliphatic carbocycles. The molecule has 5 heteroatoms. The quantitative estimate of drug-likeness (QED) is 0.797. The van der Waals surface area contributed by atoms with Gasteiger partial charge in [-0.15, -0.1) is 11.3 Å². The van der Waals surface area contributed by atoms with Crippen LogP contribution in [0.3, 0.4) is 0 Å². The van der Waals surface area contributed by atoms with Crippen molar-refractivity contribution in [2.75, 3.05) is 6.54 Å². The summed E-state index contributed by atoms with van der Waals surface area (Å²) in [5, 5.41) is 7.86. The summed E-state index contributed by atoms with van der Waals surface area (Å²) in [6.07, 6.45) is 1.92. The number of hydrogen-bond donors (Lipinski definition) is 1. The van der Waals surface area contributed by atoms with Crippen LogP contribution < -0.4 is 5.32 Å². The highest BCUT2D eigenvalue weighted by atomic mass is 35.5. The van der Waals surface area contributed by atoms with Crippen LogP contribution in [0.15, 0.2) is 23.6 Å². The molecule has 2 nitrogen and oxygen atoms in total. The Morgan fingerprint density at radius 3 is 2.80 bits per heavy atom. The van der Waals surface area contributed by atoms with Gasteiger partial charge in [-0.3, -0.25) is 0 Å². The fourth-order valence-corrected chi connectivity index (χ4v) is 3.14. The monoisotopic (exact) mass is 328 g/mol. The predicted octanol–water partition coefficient (Wildman–Crippen LogP) is 5.10. The van der Waals surface area contributed by atoms with Crippen molar-refractivity contribution in [2.24, 2.45) is 0 Å². The fourth-order valence-electron chi connectivity index (χ4n) is 1.89. The summed E-state index contributed by atoms with van der Waals surface area (Å²) in [4.78, 5) is 4.69. The molecule has 108 valence electrons. The van der Waals surface area contributed by atoms with Crippen LogP contribution in [0.2, 0.25) is 10.0 Å². The summed E-state index contributed by atoms with van der Waals surface area (Å²) in [5.74, 6) is 0. The van der Waals surface area contributed by atoms with Crippen LogP contribution in [0, 0.1) is 0 Å². The van der Waals surface area contributed by atoms with Gasteiger partial charge in [0, 0.05) is 17.8 Å². The van der Waals surface area contributed by atoms with Crippen LogP contribution in [0.4, 0.5) is 0 Å². The molecule has 0 saturated carbocycles. The van der Waals surface area contributed by atoms with Gasteiger partial charge < -0.3 is 5.32 Å². The summed E-state index contributed by atoms with van der Waals surface area (Å²) in [7, 11) is 0. The van der Waals surface area contributed by atoms with Gasteiger partial charge >= 0.3 is 0 Å². The largest absolute Gasteiger partial charge is 0.309 e. The molecule has 0 fully saturated rings. The van der Waals surface area contributed by atoms with Crippen LogP contribution in [0.25, 0.3) is 0 Å². The summed E-state index contributed by atoms with van der Waals surface area (Å²) >= 11 is 13.6. The Kier molecular flexibility index (Phi) is 5.85. The average molecular weight is 329 g/mol. The van der Waals surface area contributed by atoms with Gasteiger partial charge in [-0.25, -0.2) is 4.98 Å². The molecular formula is C15H18Cl2N2S. The molecule has 0 bridgehead atoms. The minimum Gasteiger partial charge on any atom is -0.309 e. The van der Waals surface area contributed by atoms with Gasteiger partial charge in [0.25, 0.3) is 0 Å². The lowest BCUT2D eigenvalue weighted by Gasteiger charge is -2.09. The Morgan fingerprint density at radius 2 is 2.10 bits per heavy atom. The van der Waals surface area contributed by atoms with Crippen LogP contribution in [0.5, 0.6) is 0 Å². The Bertz CT molecular complexity index is 569. The topological polar surface area (TPSA) is 24.9 Å². The molecule has 0 radical (unpaired) electrons. The summed E-state index contributed by atoms with van der Waals surface area (Å²) in [6, 6.07) is 6.03. The average Bonchev–Trinajstić information content (AvgIpc) is 2.89. The standard InChI is InChI=1S/C15H18Cl2N2S/c1-3-6-18-10(2)14-9-20-15(19-14)8-11-4-5-12(16)13(17)7-11/h4-5,7,9-10,18H,3,6,8H2,1-2H3. The van der Waals surface area contributed by atoms with Gasteiger partial charge in [-0.2, -0.15) is 0 Å². The molecule has 0 aliphatic rings. The number of benzene rings is 1. The van der Waals surface area contributed by atoms with Crippen molar-refractivity contribution in [2.45, 2.75) is 32.7 Å². The number of aromatic nitrogens is 1. The third-order valence-electron chi connectivity index (χ3n) is 3.05. The maximum absolute atomic E-state index is 6.03. The molecule has 1 heterocycles. The fraction of sp³-hybridized carbons (Fsp3) is 0.400. The molecule has 1 atom stereocenters. The molecule has 2 rings (SSSR count). The smallest absolute Gasteiger partial charge is 0.0972 e. The van der Waals surface area contributed by atoms with E-state index in [2.05, 4.69) is 24.5 Å². The van der Waals surface area contributed by atoms with Crippen LogP contribution in [-0.2, 0) is 6.42 Å². The first-order valence-corrected chi connectivity index (χ1v) is 8.35. The molecule has 1 N–H and O–H groups in total. The van der Waals surface area contributed by atoms with E-state index in [9.17, 15) is 0 Å². The molecule has 1 aromatic heterocycles. The lowest BCUT2D eigenvalue weighted by atomic mass is 10.1. The molecule has 0 saturated heterocycles. The van der Waals surface area contributed by atoms with E-state index < -0.39 is 0 Å². The molecule has 1 unspecified atom stereocenters. The van der Waals surface area contributed by atoms with Crippen molar-refractivity contribution < 1.29 is 0 Å². The summed E-state index contributed by atoms with van der Waals surface area (Å²) in [6.45, 7) is 5.32. The molecular weight excluding hydrogens is 311 g/mol. The Morgan fingerprint density at radius 1 is 1.30 bits per heavy atom. The van der Waals surface area contributed by atoms with E-state index >= 15 is 0 Å². The van der Waals surface area contributed by atoms with Crippen molar-refractivity contribution in [3.05, 3.63) is 49.9 Å². The van der Waals surface area contributed by atoms with Crippen molar-refractivity contribution in [3.63, 3.8) is 0 Å². The van der Waals surface area contributed by atoms with Gasteiger partial charge in [0.2, 0.25) is 0 Å². The van der Waals surface area contributed by atoms with Gasteiger partial charge in [-0.05, 0) is 37.6 Å². The first-order chi connectivity index (χ1) is 9.60. The number of thiazole rings is 1. The van der Waals surface area contributed by atoms with E-state index in [1.165, 1.54) is 0 Å². The Balaban J connectivity index is 2.03. The first-order valence-electron chi connectivity index (χ1n) is 6.71. The highest BCUT2D eigenvalue weighted by Crippen LogP contribution is 2.25. The predicted molar refractivity (Wildman–Crippen MR) is 88.1 cm³/mol. The maximum Gasteiger partial charge on any atom is 0.0972 e. The van der Waals surface area contributed by atoms with Gasteiger partial charge in [-0.1, -0.05) is 36.2 Å². The molecule has 0 aliphatic heterocycles. The SMILES string of the molecule is CCCNC(C)c1csc(Cc2ccc(Cl)c(Cl)c2)n1. The molecule has 2 aromatic rings. The first kappa shape index (κ1) is 15.8. The normalized spacial score (nSPS) is 12.6.